The molecule has 22 heavy (non-hydrogen) atoms. The molecule has 3 N–H and O–H groups in total. The van der Waals surface area contributed by atoms with Crippen molar-refractivity contribution in [2.75, 3.05) is 13.7 Å². The minimum Gasteiger partial charge on any atom is -0.383 e. The number of aryl methyl sites for hydroxylation is 1. The summed E-state index contributed by atoms with van der Waals surface area (Å²) in [6.07, 6.45) is 0. The van der Waals surface area contributed by atoms with Crippen molar-refractivity contribution >= 4 is 5.91 Å². The molecule has 0 saturated heterocycles. The van der Waals surface area contributed by atoms with Gasteiger partial charge in [-0.15, -0.1) is 0 Å². The van der Waals surface area contributed by atoms with Crippen LogP contribution in [0.4, 0.5) is 0 Å². The highest BCUT2D eigenvalue weighted by Gasteiger charge is 2.12. The number of rotatable bonds is 6. The van der Waals surface area contributed by atoms with Crippen LogP contribution in [0, 0.1) is 6.92 Å². The van der Waals surface area contributed by atoms with Gasteiger partial charge in [0.25, 0.3) is 0 Å². The average molecular weight is 298 g/mol. The van der Waals surface area contributed by atoms with Crippen molar-refractivity contribution in [1.82, 2.24) is 5.32 Å². The molecular weight excluding hydrogens is 276 g/mol. The quantitative estimate of drug-likeness (QED) is 0.859. The predicted octanol–water partition coefficient (Wildman–Crippen LogP) is 2.25. The van der Waals surface area contributed by atoms with E-state index in [2.05, 4.69) is 48.6 Å². The molecule has 0 heterocycles. The Balaban J connectivity index is 1.96. The van der Waals surface area contributed by atoms with Gasteiger partial charge in [0.15, 0.2) is 0 Å². The number of nitrogens with two attached hydrogens (primary N) is 1. The van der Waals surface area contributed by atoms with Crippen LogP contribution < -0.4 is 11.1 Å². The number of carbonyl (C=O) groups excluding carboxylic acids is 1. The Morgan fingerprint density at radius 1 is 1.18 bits per heavy atom. The first-order valence-corrected chi connectivity index (χ1v) is 7.28. The predicted molar refractivity (Wildman–Crippen MR) is 88.3 cm³/mol. The van der Waals surface area contributed by atoms with Gasteiger partial charge in [-0.3, -0.25) is 4.79 Å². The minimum atomic E-state index is -0.628. The number of ether oxygens (including phenoxy) is 1. The van der Waals surface area contributed by atoms with E-state index in [1.807, 2.05) is 12.1 Å². The maximum atomic E-state index is 11.7. The summed E-state index contributed by atoms with van der Waals surface area (Å²) >= 11 is 0. The molecule has 2 aromatic carbocycles. The highest BCUT2D eigenvalue weighted by atomic mass is 16.5. The van der Waals surface area contributed by atoms with Crippen LogP contribution in [0.15, 0.2) is 48.5 Å². The summed E-state index contributed by atoms with van der Waals surface area (Å²) in [6, 6.07) is 15.9. The van der Waals surface area contributed by atoms with Gasteiger partial charge in [0.1, 0.15) is 6.04 Å². The van der Waals surface area contributed by atoms with E-state index in [-0.39, 0.29) is 12.5 Å². The average Bonchev–Trinajstić information content (AvgIpc) is 2.53. The summed E-state index contributed by atoms with van der Waals surface area (Å²) in [6.45, 7) is 2.76. The Morgan fingerprint density at radius 2 is 1.91 bits per heavy atom. The lowest BCUT2D eigenvalue weighted by Gasteiger charge is -2.11. The third-order valence-corrected chi connectivity index (χ3v) is 3.46. The summed E-state index contributed by atoms with van der Waals surface area (Å²) < 4.78 is 4.87. The number of carbonyl (C=O) groups is 1. The van der Waals surface area contributed by atoms with Crippen molar-refractivity contribution in [3.63, 3.8) is 0 Å². The van der Waals surface area contributed by atoms with E-state index in [0.717, 1.165) is 11.1 Å². The van der Waals surface area contributed by atoms with Crippen molar-refractivity contribution in [2.45, 2.75) is 19.5 Å². The van der Waals surface area contributed by atoms with E-state index in [9.17, 15) is 4.79 Å². The summed E-state index contributed by atoms with van der Waals surface area (Å²) in [4.78, 5) is 11.7. The molecule has 0 bridgehead atoms. The Hall–Kier alpha value is -2.17. The molecule has 2 aromatic rings. The third kappa shape index (κ3) is 4.41. The second-order valence-electron chi connectivity index (χ2n) is 5.35. The summed E-state index contributed by atoms with van der Waals surface area (Å²) in [5.41, 5.74) is 10.3. The van der Waals surface area contributed by atoms with Crippen LogP contribution >= 0.6 is 0 Å². The lowest BCUT2D eigenvalue weighted by molar-refractivity contribution is -0.123. The molecule has 0 fully saturated rings. The summed E-state index contributed by atoms with van der Waals surface area (Å²) in [5, 5.41) is 2.81. The van der Waals surface area contributed by atoms with Gasteiger partial charge in [0.05, 0.1) is 6.61 Å². The number of methoxy groups -OCH3 is 1. The van der Waals surface area contributed by atoms with Crippen molar-refractivity contribution < 1.29 is 9.53 Å². The summed E-state index contributed by atoms with van der Waals surface area (Å²) in [5.74, 6) is -0.204. The number of amides is 1. The molecule has 4 nitrogen and oxygen atoms in total. The second kappa shape index (κ2) is 7.73. The lowest BCUT2D eigenvalue weighted by atomic mass is 10.0. The lowest BCUT2D eigenvalue weighted by Crippen LogP contribution is -2.43. The van der Waals surface area contributed by atoms with Gasteiger partial charge in [-0.05, 0) is 23.6 Å². The Morgan fingerprint density at radius 3 is 2.55 bits per heavy atom. The molecule has 0 saturated carbocycles. The number of hydrogen-bond acceptors (Lipinski definition) is 3. The van der Waals surface area contributed by atoms with Crippen LogP contribution in [0.3, 0.4) is 0 Å². The number of benzene rings is 2. The van der Waals surface area contributed by atoms with Crippen LogP contribution in [0.5, 0.6) is 0 Å². The molecule has 0 aliphatic heterocycles. The van der Waals surface area contributed by atoms with Gasteiger partial charge in [0, 0.05) is 13.7 Å². The molecule has 4 heteroatoms. The standard InChI is InChI=1S/C18H22N2O2/c1-13-4-3-5-16(10-13)15-8-6-14(7-9-15)11-20-18(21)17(19)12-22-2/h3-10,17H,11-12,19H2,1-2H3,(H,20,21). The summed E-state index contributed by atoms with van der Waals surface area (Å²) in [7, 11) is 1.52. The van der Waals surface area contributed by atoms with Gasteiger partial charge in [0.2, 0.25) is 5.91 Å². The van der Waals surface area contributed by atoms with Crippen LogP contribution in [0.1, 0.15) is 11.1 Å². The topological polar surface area (TPSA) is 64.3 Å². The fraction of sp³-hybridized carbons (Fsp3) is 0.278. The first-order valence-electron chi connectivity index (χ1n) is 7.28. The van der Waals surface area contributed by atoms with Gasteiger partial charge in [-0.1, -0.05) is 54.1 Å². The molecule has 116 valence electrons. The molecule has 0 aromatic heterocycles. The molecule has 1 unspecified atom stereocenters. The first-order chi connectivity index (χ1) is 10.6. The molecular formula is C18H22N2O2. The molecule has 0 aliphatic carbocycles. The molecule has 1 atom stereocenters. The zero-order chi connectivity index (χ0) is 15.9. The van der Waals surface area contributed by atoms with Crippen molar-refractivity contribution in [3.8, 4) is 11.1 Å². The van der Waals surface area contributed by atoms with E-state index < -0.39 is 6.04 Å². The normalized spacial score (nSPS) is 12.0. The second-order valence-corrected chi connectivity index (χ2v) is 5.35. The van der Waals surface area contributed by atoms with Gasteiger partial charge >= 0.3 is 0 Å². The van der Waals surface area contributed by atoms with Crippen LogP contribution in [0.2, 0.25) is 0 Å². The first kappa shape index (κ1) is 16.2. The van der Waals surface area contributed by atoms with E-state index in [1.165, 1.54) is 18.2 Å². The Bertz CT molecular complexity index is 623. The highest BCUT2D eigenvalue weighted by Crippen LogP contribution is 2.20. The zero-order valence-corrected chi connectivity index (χ0v) is 13.0. The largest absolute Gasteiger partial charge is 0.383 e. The van der Waals surface area contributed by atoms with Crippen molar-refractivity contribution in [3.05, 3.63) is 59.7 Å². The van der Waals surface area contributed by atoms with Crippen LogP contribution in [0.25, 0.3) is 11.1 Å². The molecule has 2 rings (SSSR count). The minimum absolute atomic E-state index is 0.204. The van der Waals surface area contributed by atoms with E-state index in [1.54, 1.807) is 0 Å². The van der Waals surface area contributed by atoms with E-state index in [4.69, 9.17) is 10.5 Å². The zero-order valence-electron chi connectivity index (χ0n) is 13.0. The molecule has 0 spiro atoms. The van der Waals surface area contributed by atoms with Crippen molar-refractivity contribution in [1.29, 1.82) is 0 Å². The number of nitrogens with one attached hydrogen (secondary N) is 1. The van der Waals surface area contributed by atoms with Gasteiger partial charge in [-0.25, -0.2) is 0 Å². The maximum Gasteiger partial charge on any atom is 0.239 e. The number of hydrogen-bond donors (Lipinski definition) is 2. The molecule has 0 aliphatic rings. The van der Waals surface area contributed by atoms with E-state index >= 15 is 0 Å². The smallest absolute Gasteiger partial charge is 0.239 e. The monoisotopic (exact) mass is 298 g/mol. The fourth-order valence-electron chi connectivity index (χ4n) is 2.22. The maximum absolute atomic E-state index is 11.7. The highest BCUT2D eigenvalue weighted by molar-refractivity contribution is 5.81. The fourth-order valence-corrected chi connectivity index (χ4v) is 2.22. The Labute approximate surface area is 131 Å². The van der Waals surface area contributed by atoms with Crippen LogP contribution in [-0.4, -0.2) is 25.7 Å². The van der Waals surface area contributed by atoms with E-state index in [0.29, 0.717) is 6.54 Å². The van der Waals surface area contributed by atoms with Crippen molar-refractivity contribution in [2.24, 2.45) is 5.73 Å². The third-order valence-electron chi connectivity index (χ3n) is 3.46. The van der Waals surface area contributed by atoms with Crippen LogP contribution in [-0.2, 0) is 16.1 Å². The molecule has 1 amide bonds. The molecule has 0 radical (unpaired) electrons. The Kier molecular flexibility index (Phi) is 5.69. The van der Waals surface area contributed by atoms with Gasteiger partial charge < -0.3 is 15.8 Å². The SMILES string of the molecule is COCC(N)C(=O)NCc1ccc(-c2cccc(C)c2)cc1. The van der Waals surface area contributed by atoms with Gasteiger partial charge in [-0.2, -0.15) is 0 Å².